The molecule has 134 valence electrons. The summed E-state index contributed by atoms with van der Waals surface area (Å²) in [5.41, 5.74) is -0.423. The quantitative estimate of drug-likeness (QED) is 0.861. The highest BCUT2D eigenvalue weighted by Crippen LogP contribution is 2.45. The third kappa shape index (κ3) is 4.38. The first-order valence-corrected chi connectivity index (χ1v) is 8.96. The van der Waals surface area contributed by atoms with Crippen LogP contribution in [0.25, 0.3) is 0 Å². The fourth-order valence-corrected chi connectivity index (χ4v) is 3.71. The topological polar surface area (TPSA) is 50.8 Å². The molecule has 2 rings (SSSR count). The van der Waals surface area contributed by atoms with Gasteiger partial charge in [-0.25, -0.2) is 4.79 Å². The van der Waals surface area contributed by atoms with Crippen LogP contribution in [-0.2, 0) is 9.47 Å². The molecule has 0 aromatic carbocycles. The van der Waals surface area contributed by atoms with Crippen molar-refractivity contribution in [3.8, 4) is 0 Å². The number of ether oxygens (including phenoxy) is 2. The molecule has 5 heteroatoms. The Morgan fingerprint density at radius 1 is 1.30 bits per heavy atom. The average Bonchev–Trinajstić information content (AvgIpc) is 2.42. The van der Waals surface area contributed by atoms with E-state index in [1.165, 1.54) is 6.42 Å². The van der Waals surface area contributed by atoms with Gasteiger partial charge in [0, 0.05) is 31.3 Å². The number of piperidine rings is 1. The molecule has 2 fully saturated rings. The van der Waals surface area contributed by atoms with Gasteiger partial charge in [-0.05, 0) is 66.7 Å². The van der Waals surface area contributed by atoms with Crippen molar-refractivity contribution in [3.05, 3.63) is 0 Å². The maximum absolute atomic E-state index is 12.6. The normalized spacial score (nSPS) is 26.5. The van der Waals surface area contributed by atoms with Crippen LogP contribution >= 0.6 is 0 Å². The van der Waals surface area contributed by atoms with Gasteiger partial charge in [-0.1, -0.05) is 0 Å². The number of nitrogens with zero attached hydrogens (tertiary/aromatic N) is 1. The molecule has 0 aromatic heterocycles. The van der Waals surface area contributed by atoms with Crippen molar-refractivity contribution in [2.75, 3.05) is 13.7 Å². The minimum absolute atomic E-state index is 0.00821. The molecular weight excluding hydrogens is 292 g/mol. The SMILES string of the molecule is COC(C)C(C)NC1CCN(C(=O)OC(C)(C)C)C2(CCC2)C1. The van der Waals surface area contributed by atoms with E-state index in [4.69, 9.17) is 9.47 Å². The molecule has 1 aliphatic carbocycles. The van der Waals surface area contributed by atoms with Gasteiger partial charge in [0.2, 0.25) is 0 Å². The zero-order valence-corrected chi connectivity index (χ0v) is 15.6. The van der Waals surface area contributed by atoms with Gasteiger partial charge in [0.05, 0.1) is 6.10 Å². The van der Waals surface area contributed by atoms with Crippen LogP contribution in [0.3, 0.4) is 0 Å². The second-order valence-electron chi connectivity index (χ2n) is 8.30. The van der Waals surface area contributed by atoms with Gasteiger partial charge in [-0.2, -0.15) is 0 Å². The molecule has 2 aliphatic rings. The predicted molar refractivity (Wildman–Crippen MR) is 91.6 cm³/mol. The van der Waals surface area contributed by atoms with E-state index in [0.29, 0.717) is 12.1 Å². The largest absolute Gasteiger partial charge is 0.444 e. The molecule has 1 heterocycles. The molecule has 0 radical (unpaired) electrons. The molecule has 3 atom stereocenters. The lowest BCUT2D eigenvalue weighted by molar-refractivity contribution is -0.0515. The fourth-order valence-electron chi connectivity index (χ4n) is 3.71. The highest BCUT2D eigenvalue weighted by atomic mass is 16.6. The number of carbonyl (C=O) groups excluding carboxylic acids is 1. The van der Waals surface area contributed by atoms with Crippen LogP contribution in [0.15, 0.2) is 0 Å². The monoisotopic (exact) mass is 326 g/mol. The number of amides is 1. The van der Waals surface area contributed by atoms with E-state index >= 15 is 0 Å². The van der Waals surface area contributed by atoms with Crippen molar-refractivity contribution < 1.29 is 14.3 Å². The summed E-state index contributed by atoms with van der Waals surface area (Å²) < 4.78 is 11.0. The molecule has 3 unspecified atom stereocenters. The molecule has 5 nitrogen and oxygen atoms in total. The Kier molecular flexibility index (Phi) is 5.62. The molecule has 1 saturated carbocycles. The summed E-state index contributed by atoms with van der Waals surface area (Å²) in [5.74, 6) is 0. The maximum Gasteiger partial charge on any atom is 0.410 e. The van der Waals surface area contributed by atoms with Gasteiger partial charge < -0.3 is 19.7 Å². The van der Waals surface area contributed by atoms with Crippen LogP contribution in [0, 0.1) is 0 Å². The Labute approximate surface area is 141 Å². The van der Waals surface area contributed by atoms with Crippen molar-refractivity contribution >= 4 is 6.09 Å². The zero-order chi connectivity index (χ0) is 17.3. The van der Waals surface area contributed by atoms with E-state index in [1.54, 1.807) is 7.11 Å². The number of methoxy groups -OCH3 is 1. The summed E-state index contributed by atoms with van der Waals surface area (Å²) >= 11 is 0. The van der Waals surface area contributed by atoms with Gasteiger partial charge in [0.1, 0.15) is 5.60 Å². The molecule has 1 aliphatic heterocycles. The van der Waals surface area contributed by atoms with Crippen LogP contribution < -0.4 is 5.32 Å². The lowest BCUT2D eigenvalue weighted by Gasteiger charge is -2.55. The summed E-state index contributed by atoms with van der Waals surface area (Å²) in [6.07, 6.45) is 5.44. The first kappa shape index (κ1) is 18.5. The molecule has 23 heavy (non-hydrogen) atoms. The van der Waals surface area contributed by atoms with Crippen molar-refractivity contribution in [2.24, 2.45) is 0 Å². The number of nitrogens with one attached hydrogen (secondary N) is 1. The van der Waals surface area contributed by atoms with Crippen molar-refractivity contribution in [3.63, 3.8) is 0 Å². The van der Waals surface area contributed by atoms with E-state index in [9.17, 15) is 4.79 Å². The van der Waals surface area contributed by atoms with Crippen LogP contribution in [0.1, 0.15) is 66.7 Å². The van der Waals surface area contributed by atoms with E-state index in [-0.39, 0.29) is 17.7 Å². The van der Waals surface area contributed by atoms with E-state index in [2.05, 4.69) is 19.2 Å². The molecule has 1 amide bonds. The minimum Gasteiger partial charge on any atom is -0.444 e. The average molecular weight is 326 g/mol. The number of hydrogen-bond donors (Lipinski definition) is 1. The number of carbonyl (C=O) groups is 1. The summed E-state index contributed by atoms with van der Waals surface area (Å²) in [5, 5.41) is 3.70. The first-order chi connectivity index (χ1) is 10.7. The minimum atomic E-state index is -0.431. The summed E-state index contributed by atoms with van der Waals surface area (Å²) in [7, 11) is 1.75. The molecule has 1 N–H and O–H groups in total. The zero-order valence-electron chi connectivity index (χ0n) is 15.6. The highest BCUT2D eigenvalue weighted by molar-refractivity contribution is 5.69. The van der Waals surface area contributed by atoms with Gasteiger partial charge >= 0.3 is 6.09 Å². The second-order valence-corrected chi connectivity index (χ2v) is 8.30. The van der Waals surface area contributed by atoms with Crippen LogP contribution in [0.4, 0.5) is 4.79 Å². The molecular formula is C18H34N2O3. The van der Waals surface area contributed by atoms with Gasteiger partial charge in [-0.15, -0.1) is 0 Å². The van der Waals surface area contributed by atoms with Gasteiger partial charge in [-0.3, -0.25) is 0 Å². The molecule has 1 saturated heterocycles. The summed E-state index contributed by atoms with van der Waals surface area (Å²) in [4.78, 5) is 14.6. The molecule has 0 aromatic rings. The van der Waals surface area contributed by atoms with E-state index < -0.39 is 5.60 Å². The second kappa shape index (κ2) is 6.98. The van der Waals surface area contributed by atoms with Crippen LogP contribution in [0.5, 0.6) is 0 Å². The van der Waals surface area contributed by atoms with Crippen LogP contribution in [0.2, 0.25) is 0 Å². The molecule has 0 bridgehead atoms. The fraction of sp³-hybridized carbons (Fsp3) is 0.944. The standard InChI is InChI=1S/C18H34N2O3/c1-13(14(2)22-6)19-15-8-11-20(16(21)23-17(3,4)5)18(12-15)9-7-10-18/h13-15,19H,7-12H2,1-6H3. The number of hydrogen-bond acceptors (Lipinski definition) is 4. The predicted octanol–water partition coefficient (Wildman–Crippen LogP) is 3.32. The van der Waals surface area contributed by atoms with Gasteiger partial charge in [0.15, 0.2) is 0 Å². The highest BCUT2D eigenvalue weighted by Gasteiger charge is 2.49. The Morgan fingerprint density at radius 2 is 1.96 bits per heavy atom. The Hall–Kier alpha value is -0.810. The van der Waals surface area contributed by atoms with E-state index in [1.807, 2.05) is 25.7 Å². The number of likely N-dealkylation sites (tertiary alicyclic amines) is 1. The van der Waals surface area contributed by atoms with Gasteiger partial charge in [0.25, 0.3) is 0 Å². The lowest BCUT2D eigenvalue weighted by Crippen LogP contribution is -2.64. The third-order valence-electron chi connectivity index (χ3n) is 5.37. The Morgan fingerprint density at radius 3 is 2.43 bits per heavy atom. The maximum atomic E-state index is 12.6. The van der Waals surface area contributed by atoms with Crippen molar-refractivity contribution in [1.82, 2.24) is 10.2 Å². The van der Waals surface area contributed by atoms with E-state index in [0.717, 1.165) is 32.2 Å². The Bertz CT molecular complexity index is 415. The Balaban J connectivity index is 1.98. The van der Waals surface area contributed by atoms with Crippen molar-refractivity contribution in [2.45, 2.75) is 96.1 Å². The van der Waals surface area contributed by atoms with Crippen LogP contribution in [-0.4, -0.2) is 54.0 Å². The lowest BCUT2D eigenvalue weighted by atomic mass is 9.69. The number of rotatable bonds is 4. The van der Waals surface area contributed by atoms with Crippen molar-refractivity contribution in [1.29, 1.82) is 0 Å². The smallest absolute Gasteiger partial charge is 0.410 e. The summed E-state index contributed by atoms with van der Waals surface area (Å²) in [6.45, 7) is 10.8. The molecule has 1 spiro atoms. The summed E-state index contributed by atoms with van der Waals surface area (Å²) in [6, 6.07) is 0.761. The first-order valence-electron chi connectivity index (χ1n) is 8.96. The third-order valence-corrected chi connectivity index (χ3v) is 5.37.